The fraction of sp³-hybridized carbons (Fsp3) is 0.333. The van der Waals surface area contributed by atoms with E-state index in [1.807, 2.05) is 45.3 Å². The van der Waals surface area contributed by atoms with E-state index < -0.39 is 4.92 Å². The molecule has 0 N–H and O–H groups in total. The van der Waals surface area contributed by atoms with E-state index >= 15 is 0 Å². The van der Waals surface area contributed by atoms with Crippen LogP contribution in [0.5, 0.6) is 0 Å². The summed E-state index contributed by atoms with van der Waals surface area (Å²) >= 11 is 0.963. The predicted molar refractivity (Wildman–Crippen MR) is 114 cm³/mol. The van der Waals surface area contributed by atoms with Gasteiger partial charge in [0.05, 0.1) is 9.83 Å². The summed E-state index contributed by atoms with van der Waals surface area (Å²) in [7, 11) is 0. The maximum absolute atomic E-state index is 12.7. The summed E-state index contributed by atoms with van der Waals surface area (Å²) in [6, 6.07) is 6.58. The number of imide groups is 1. The molecule has 0 unspecified atom stereocenters. The van der Waals surface area contributed by atoms with Crippen molar-refractivity contribution >= 4 is 34.7 Å². The van der Waals surface area contributed by atoms with Crippen molar-refractivity contribution in [1.29, 1.82) is 0 Å². The molecular formula is C21H23N3O4S. The number of aryl methyl sites for hydroxylation is 2. The summed E-state index contributed by atoms with van der Waals surface area (Å²) in [5.41, 5.74) is 4.35. The van der Waals surface area contributed by atoms with E-state index in [4.69, 9.17) is 0 Å². The van der Waals surface area contributed by atoms with Gasteiger partial charge in [0.2, 0.25) is 0 Å². The summed E-state index contributed by atoms with van der Waals surface area (Å²) in [6.45, 7) is 9.51. The largest absolute Gasteiger partial charge is 0.318 e. The second-order valence-electron chi connectivity index (χ2n) is 7.20. The third-order valence-corrected chi connectivity index (χ3v) is 6.13. The number of aromatic nitrogens is 1. The Hall–Kier alpha value is -2.87. The molecule has 1 aromatic heterocycles. The molecule has 1 aromatic carbocycles. The van der Waals surface area contributed by atoms with Crippen molar-refractivity contribution in [2.45, 2.75) is 47.1 Å². The van der Waals surface area contributed by atoms with E-state index in [0.29, 0.717) is 11.3 Å². The number of carbonyl (C=O) groups excluding carboxylic acids is 2. The number of carbonyl (C=O) groups is 2. The summed E-state index contributed by atoms with van der Waals surface area (Å²) in [4.78, 5) is 37.3. The maximum atomic E-state index is 12.7. The van der Waals surface area contributed by atoms with Gasteiger partial charge in [-0.15, -0.1) is 0 Å². The van der Waals surface area contributed by atoms with Crippen LogP contribution in [0.4, 0.5) is 10.5 Å². The van der Waals surface area contributed by atoms with E-state index in [0.717, 1.165) is 40.0 Å². The van der Waals surface area contributed by atoms with Crippen LogP contribution in [0.15, 0.2) is 29.2 Å². The highest BCUT2D eigenvalue weighted by Crippen LogP contribution is 2.35. The van der Waals surface area contributed by atoms with Crippen molar-refractivity contribution in [3.8, 4) is 5.69 Å². The van der Waals surface area contributed by atoms with E-state index in [2.05, 4.69) is 0 Å². The first-order valence-electron chi connectivity index (χ1n) is 9.37. The van der Waals surface area contributed by atoms with E-state index in [-0.39, 0.29) is 22.9 Å². The SMILES string of the molecule is CC[C@@H](C)N1C(=O)S/C(=C/c2cc(C)n(-c3ccc([N+](=O)[O-])cc3C)c2C)C1=O. The number of nitro benzene ring substituents is 1. The number of hydrogen-bond acceptors (Lipinski definition) is 5. The lowest BCUT2D eigenvalue weighted by molar-refractivity contribution is -0.384. The Labute approximate surface area is 173 Å². The van der Waals surface area contributed by atoms with Crippen LogP contribution < -0.4 is 0 Å². The lowest BCUT2D eigenvalue weighted by Gasteiger charge is -2.19. The molecule has 152 valence electrons. The van der Waals surface area contributed by atoms with Crippen LogP contribution in [0.25, 0.3) is 11.8 Å². The molecule has 1 aliphatic heterocycles. The van der Waals surface area contributed by atoms with Crippen LogP contribution in [0.3, 0.4) is 0 Å². The average Bonchev–Trinajstić information content (AvgIpc) is 3.10. The van der Waals surface area contributed by atoms with Crippen molar-refractivity contribution in [1.82, 2.24) is 9.47 Å². The van der Waals surface area contributed by atoms with Gasteiger partial charge in [0.25, 0.3) is 16.8 Å². The third-order valence-electron chi connectivity index (χ3n) is 5.24. The molecule has 0 radical (unpaired) electrons. The molecule has 2 heterocycles. The van der Waals surface area contributed by atoms with Crippen LogP contribution >= 0.6 is 11.8 Å². The molecule has 1 saturated heterocycles. The number of amides is 2. The van der Waals surface area contributed by atoms with Crippen molar-refractivity contribution in [3.63, 3.8) is 0 Å². The van der Waals surface area contributed by atoms with Gasteiger partial charge in [-0.3, -0.25) is 24.6 Å². The van der Waals surface area contributed by atoms with Crippen molar-refractivity contribution in [2.24, 2.45) is 0 Å². The van der Waals surface area contributed by atoms with Gasteiger partial charge in [-0.1, -0.05) is 6.92 Å². The molecule has 8 heteroatoms. The Kier molecular flexibility index (Phi) is 5.66. The lowest BCUT2D eigenvalue weighted by Crippen LogP contribution is -2.36. The highest BCUT2D eigenvalue weighted by molar-refractivity contribution is 8.18. The molecule has 1 aliphatic rings. The maximum Gasteiger partial charge on any atom is 0.293 e. The normalized spacial score (nSPS) is 16.7. The fourth-order valence-electron chi connectivity index (χ4n) is 3.49. The van der Waals surface area contributed by atoms with E-state index in [1.165, 1.54) is 11.0 Å². The molecule has 1 atom stereocenters. The molecule has 29 heavy (non-hydrogen) atoms. The molecular weight excluding hydrogens is 390 g/mol. The molecule has 1 fully saturated rings. The Bertz CT molecular complexity index is 1050. The molecule has 3 rings (SSSR count). The Balaban J connectivity index is 2.01. The van der Waals surface area contributed by atoms with Crippen molar-refractivity contribution in [3.05, 3.63) is 61.8 Å². The molecule has 0 saturated carbocycles. The van der Waals surface area contributed by atoms with Gasteiger partial charge >= 0.3 is 0 Å². The molecule has 0 spiro atoms. The Morgan fingerprint density at radius 3 is 2.48 bits per heavy atom. The second kappa shape index (κ2) is 7.87. The molecule has 2 aromatic rings. The van der Waals surface area contributed by atoms with Gasteiger partial charge in [0, 0.05) is 35.2 Å². The van der Waals surface area contributed by atoms with Crippen LogP contribution in [-0.4, -0.2) is 31.6 Å². The molecule has 0 aliphatic carbocycles. The lowest BCUT2D eigenvalue weighted by atomic mass is 10.1. The number of rotatable bonds is 5. The standard InChI is InChI=1S/C21H23N3O4S/c1-6-13(3)23-20(25)19(29-21(23)26)11-16-10-14(4)22(15(16)5)18-8-7-17(24(27)28)9-12(18)2/h7-11,13H,6H2,1-5H3/b19-11+/t13-/m1/s1. The molecule has 2 amide bonds. The zero-order chi connectivity index (χ0) is 21.5. The topological polar surface area (TPSA) is 85.4 Å². The Morgan fingerprint density at radius 2 is 1.90 bits per heavy atom. The zero-order valence-corrected chi connectivity index (χ0v) is 17.9. The highest BCUT2D eigenvalue weighted by Gasteiger charge is 2.37. The minimum atomic E-state index is -0.412. The van der Waals surface area contributed by atoms with Crippen LogP contribution in [0, 0.1) is 30.9 Å². The van der Waals surface area contributed by atoms with Crippen LogP contribution in [0.1, 0.15) is 42.8 Å². The number of nitrogens with zero attached hydrogens (tertiary/aromatic N) is 3. The van der Waals surface area contributed by atoms with Gasteiger partial charge in [-0.05, 0) is 75.2 Å². The van der Waals surface area contributed by atoms with Gasteiger partial charge in [-0.25, -0.2) is 0 Å². The summed E-state index contributed by atoms with van der Waals surface area (Å²) < 4.78 is 2.00. The fourth-order valence-corrected chi connectivity index (χ4v) is 4.41. The smallest absolute Gasteiger partial charge is 0.293 e. The summed E-state index contributed by atoms with van der Waals surface area (Å²) in [5, 5.41) is 10.8. The predicted octanol–water partition coefficient (Wildman–Crippen LogP) is 5.15. The van der Waals surface area contributed by atoms with Crippen LogP contribution in [0.2, 0.25) is 0 Å². The first kappa shape index (κ1) is 20.9. The van der Waals surface area contributed by atoms with Crippen LogP contribution in [-0.2, 0) is 4.79 Å². The van der Waals surface area contributed by atoms with E-state index in [9.17, 15) is 19.7 Å². The minimum absolute atomic E-state index is 0.0488. The van der Waals surface area contributed by atoms with Gasteiger partial charge < -0.3 is 4.57 Å². The first-order chi connectivity index (χ1) is 13.6. The summed E-state index contributed by atoms with van der Waals surface area (Å²) in [6.07, 6.45) is 2.46. The zero-order valence-electron chi connectivity index (χ0n) is 17.1. The Morgan fingerprint density at radius 1 is 1.21 bits per heavy atom. The second-order valence-corrected chi connectivity index (χ2v) is 8.19. The molecule has 0 bridgehead atoms. The monoisotopic (exact) mass is 413 g/mol. The number of thioether (sulfide) groups is 1. The van der Waals surface area contributed by atoms with Gasteiger partial charge in [-0.2, -0.15) is 0 Å². The van der Waals surface area contributed by atoms with Gasteiger partial charge in [0.1, 0.15) is 0 Å². The highest BCUT2D eigenvalue weighted by atomic mass is 32.2. The number of non-ortho nitro benzene ring substituents is 1. The summed E-state index contributed by atoms with van der Waals surface area (Å²) in [5.74, 6) is -0.259. The van der Waals surface area contributed by atoms with E-state index in [1.54, 1.807) is 18.2 Å². The minimum Gasteiger partial charge on any atom is -0.318 e. The number of benzene rings is 1. The number of nitro groups is 1. The average molecular weight is 413 g/mol. The van der Waals surface area contributed by atoms with Crippen molar-refractivity contribution < 1.29 is 14.5 Å². The van der Waals surface area contributed by atoms with Gasteiger partial charge in [0.15, 0.2) is 0 Å². The molecule has 7 nitrogen and oxygen atoms in total. The number of hydrogen-bond donors (Lipinski definition) is 0. The first-order valence-corrected chi connectivity index (χ1v) is 10.2. The van der Waals surface area contributed by atoms with Crippen molar-refractivity contribution in [2.75, 3.05) is 0 Å². The quantitative estimate of drug-likeness (QED) is 0.385. The third kappa shape index (κ3) is 3.72.